The Balaban J connectivity index is 1.21. The van der Waals surface area contributed by atoms with Gasteiger partial charge in [0.2, 0.25) is 0 Å². The summed E-state index contributed by atoms with van der Waals surface area (Å²) in [4.78, 5) is 12.3. The maximum absolute atomic E-state index is 12.3. The highest BCUT2D eigenvalue weighted by Crippen LogP contribution is 2.44. The summed E-state index contributed by atoms with van der Waals surface area (Å²) in [6.07, 6.45) is 3.64. The van der Waals surface area contributed by atoms with Crippen molar-refractivity contribution in [3.05, 3.63) is 95.1 Å². The van der Waals surface area contributed by atoms with Gasteiger partial charge in [-0.3, -0.25) is 0 Å². The number of hydrogen-bond donors (Lipinski definition) is 3. The third-order valence-corrected chi connectivity index (χ3v) is 7.06. The second-order valence-corrected chi connectivity index (χ2v) is 9.61. The van der Waals surface area contributed by atoms with Gasteiger partial charge in [-0.15, -0.1) is 0 Å². The molecule has 3 aromatic rings. The SMILES string of the molecule is CCCCCCc1ccc(C(O)C(O)CCNC(=O)OCC2c3ccccc3-c3ccccc32)cc1. The summed E-state index contributed by atoms with van der Waals surface area (Å²) in [5.41, 5.74) is 6.62. The number of fused-ring (bicyclic) bond motifs is 3. The Hall–Kier alpha value is -3.15. The molecule has 3 aromatic carbocycles. The number of benzene rings is 3. The molecule has 1 aliphatic rings. The van der Waals surface area contributed by atoms with Crippen LogP contribution in [-0.2, 0) is 11.2 Å². The second kappa shape index (κ2) is 12.7. The lowest BCUT2D eigenvalue weighted by atomic mass is 9.98. The lowest BCUT2D eigenvalue weighted by Gasteiger charge is -2.19. The number of unbranched alkanes of at least 4 members (excludes halogenated alkanes) is 3. The molecule has 0 saturated heterocycles. The fourth-order valence-corrected chi connectivity index (χ4v) is 4.99. The van der Waals surface area contributed by atoms with Gasteiger partial charge in [-0.2, -0.15) is 0 Å². The highest BCUT2D eigenvalue weighted by molar-refractivity contribution is 5.79. The predicted octanol–water partition coefficient (Wildman–Crippen LogP) is 6.13. The predicted molar refractivity (Wildman–Crippen MR) is 143 cm³/mol. The fourth-order valence-electron chi connectivity index (χ4n) is 4.99. The first-order valence-electron chi connectivity index (χ1n) is 13.1. The number of carbonyl (C=O) groups is 1. The molecule has 4 rings (SSSR count). The van der Waals surface area contributed by atoms with E-state index < -0.39 is 18.3 Å². The van der Waals surface area contributed by atoms with Crippen LogP contribution in [0.4, 0.5) is 4.79 Å². The molecule has 0 heterocycles. The maximum Gasteiger partial charge on any atom is 0.407 e. The summed E-state index contributed by atoms with van der Waals surface area (Å²) in [6, 6.07) is 24.2. The number of nitrogens with one attached hydrogen (secondary N) is 1. The zero-order chi connectivity index (χ0) is 25.3. The Kier molecular flexibility index (Phi) is 9.15. The van der Waals surface area contributed by atoms with Crippen LogP contribution >= 0.6 is 0 Å². The van der Waals surface area contributed by atoms with E-state index in [-0.39, 0.29) is 25.5 Å². The highest BCUT2D eigenvalue weighted by atomic mass is 16.5. The zero-order valence-corrected chi connectivity index (χ0v) is 21.0. The van der Waals surface area contributed by atoms with Gasteiger partial charge in [0.05, 0.1) is 6.10 Å². The number of alkyl carbamates (subject to hydrolysis) is 1. The van der Waals surface area contributed by atoms with Gasteiger partial charge in [0.1, 0.15) is 12.7 Å². The Bertz CT molecular complexity index is 1080. The molecule has 0 radical (unpaired) electrons. The van der Waals surface area contributed by atoms with E-state index in [9.17, 15) is 15.0 Å². The number of carbonyl (C=O) groups excluding carboxylic acids is 1. The van der Waals surface area contributed by atoms with Crippen LogP contribution in [0, 0.1) is 0 Å². The van der Waals surface area contributed by atoms with Crippen LogP contribution in [0.15, 0.2) is 72.8 Å². The normalized spacial score (nSPS) is 14.1. The number of hydrogen-bond acceptors (Lipinski definition) is 4. The lowest BCUT2D eigenvalue weighted by molar-refractivity contribution is 0.0136. The molecule has 0 spiro atoms. The van der Waals surface area contributed by atoms with Gasteiger partial charge in [0.15, 0.2) is 0 Å². The summed E-state index contributed by atoms with van der Waals surface area (Å²) in [5.74, 6) is 0.00480. The van der Waals surface area contributed by atoms with E-state index in [1.807, 2.05) is 48.5 Å². The molecule has 2 atom stereocenters. The van der Waals surface area contributed by atoms with Gasteiger partial charge in [0.25, 0.3) is 0 Å². The average molecular weight is 488 g/mol. The Labute approximate surface area is 214 Å². The summed E-state index contributed by atoms with van der Waals surface area (Å²) in [7, 11) is 0. The molecule has 0 bridgehead atoms. The van der Waals surface area contributed by atoms with Gasteiger partial charge in [-0.05, 0) is 52.6 Å². The second-order valence-electron chi connectivity index (χ2n) is 9.61. The van der Waals surface area contributed by atoms with E-state index >= 15 is 0 Å². The monoisotopic (exact) mass is 487 g/mol. The van der Waals surface area contributed by atoms with Gasteiger partial charge < -0.3 is 20.3 Å². The minimum absolute atomic E-state index is 0.00480. The van der Waals surface area contributed by atoms with Crippen molar-refractivity contribution in [1.82, 2.24) is 5.32 Å². The van der Waals surface area contributed by atoms with Crippen molar-refractivity contribution < 1.29 is 19.7 Å². The summed E-state index contributed by atoms with van der Waals surface area (Å²) < 4.78 is 5.53. The van der Waals surface area contributed by atoms with Gasteiger partial charge >= 0.3 is 6.09 Å². The molecule has 3 N–H and O–H groups in total. The minimum Gasteiger partial charge on any atom is -0.449 e. The number of aliphatic hydroxyl groups excluding tert-OH is 2. The van der Waals surface area contributed by atoms with Crippen LogP contribution in [0.2, 0.25) is 0 Å². The van der Waals surface area contributed by atoms with Crippen molar-refractivity contribution in [3.63, 3.8) is 0 Å². The van der Waals surface area contributed by atoms with Crippen LogP contribution in [0.3, 0.4) is 0 Å². The third kappa shape index (κ3) is 6.34. The molecule has 1 amide bonds. The average Bonchev–Trinajstić information content (AvgIpc) is 3.23. The van der Waals surface area contributed by atoms with E-state index in [4.69, 9.17) is 4.74 Å². The first kappa shape index (κ1) is 25.9. The van der Waals surface area contributed by atoms with Crippen LogP contribution in [0.1, 0.15) is 73.3 Å². The molecule has 5 heteroatoms. The lowest BCUT2D eigenvalue weighted by Crippen LogP contribution is -2.30. The fraction of sp³-hybridized carbons (Fsp3) is 0.387. The van der Waals surface area contributed by atoms with E-state index in [2.05, 4.69) is 36.5 Å². The molecule has 0 saturated carbocycles. The molecular weight excluding hydrogens is 450 g/mol. The van der Waals surface area contributed by atoms with Gasteiger partial charge in [0, 0.05) is 12.5 Å². The summed E-state index contributed by atoms with van der Waals surface area (Å²) in [5, 5.41) is 23.7. The first-order chi connectivity index (χ1) is 17.6. The Morgan fingerprint density at radius 2 is 1.53 bits per heavy atom. The quantitative estimate of drug-likeness (QED) is 0.269. The standard InChI is InChI=1S/C31H37NO4/c1-2-3-4-5-10-22-15-17-23(18-16-22)30(34)29(33)19-20-32-31(35)36-21-28-26-13-8-6-11-24(26)25-12-7-9-14-27(25)28/h6-9,11-18,28-30,33-34H,2-5,10,19-21H2,1H3,(H,32,35). The first-order valence-corrected chi connectivity index (χ1v) is 13.1. The molecule has 2 unspecified atom stereocenters. The van der Waals surface area contributed by atoms with Crippen LogP contribution in [0.25, 0.3) is 11.1 Å². The van der Waals surface area contributed by atoms with E-state index in [0.29, 0.717) is 5.56 Å². The molecule has 0 fully saturated rings. The Morgan fingerprint density at radius 3 is 2.17 bits per heavy atom. The molecule has 36 heavy (non-hydrogen) atoms. The highest BCUT2D eigenvalue weighted by Gasteiger charge is 2.29. The van der Waals surface area contributed by atoms with Crippen molar-refractivity contribution in [2.24, 2.45) is 0 Å². The zero-order valence-electron chi connectivity index (χ0n) is 21.0. The van der Waals surface area contributed by atoms with Gasteiger partial charge in [-0.25, -0.2) is 4.79 Å². The van der Waals surface area contributed by atoms with E-state index in [0.717, 1.165) is 17.5 Å². The van der Waals surface area contributed by atoms with Crippen molar-refractivity contribution in [3.8, 4) is 11.1 Å². The Morgan fingerprint density at radius 1 is 0.889 bits per heavy atom. The van der Waals surface area contributed by atoms with Crippen molar-refractivity contribution in [2.45, 2.75) is 63.6 Å². The number of rotatable bonds is 12. The minimum atomic E-state index is -0.997. The molecule has 0 aromatic heterocycles. The number of aliphatic hydroxyl groups is 2. The van der Waals surface area contributed by atoms with Crippen molar-refractivity contribution >= 4 is 6.09 Å². The summed E-state index contributed by atoms with van der Waals surface area (Å²) >= 11 is 0. The molecule has 190 valence electrons. The van der Waals surface area contributed by atoms with Crippen LogP contribution < -0.4 is 5.32 Å². The third-order valence-electron chi connectivity index (χ3n) is 7.06. The van der Waals surface area contributed by atoms with E-state index in [1.54, 1.807) is 0 Å². The van der Waals surface area contributed by atoms with Crippen molar-refractivity contribution in [2.75, 3.05) is 13.2 Å². The smallest absolute Gasteiger partial charge is 0.407 e. The van der Waals surface area contributed by atoms with Gasteiger partial charge in [-0.1, -0.05) is 99.0 Å². The molecular formula is C31H37NO4. The van der Waals surface area contributed by atoms with E-state index in [1.165, 1.54) is 42.4 Å². The number of ether oxygens (including phenoxy) is 1. The maximum atomic E-state index is 12.3. The summed E-state index contributed by atoms with van der Waals surface area (Å²) in [6.45, 7) is 2.66. The van der Waals surface area contributed by atoms with Crippen LogP contribution in [0.5, 0.6) is 0 Å². The van der Waals surface area contributed by atoms with Crippen molar-refractivity contribution in [1.29, 1.82) is 0 Å². The van der Waals surface area contributed by atoms with Crippen LogP contribution in [-0.4, -0.2) is 35.6 Å². The largest absolute Gasteiger partial charge is 0.449 e. The molecule has 1 aliphatic carbocycles. The number of amides is 1. The molecule has 5 nitrogen and oxygen atoms in total. The number of aryl methyl sites for hydroxylation is 1. The topological polar surface area (TPSA) is 78.8 Å². The molecule has 0 aliphatic heterocycles.